The average Bonchev–Trinajstić information content (AvgIpc) is 3.29. The van der Waals surface area contributed by atoms with E-state index >= 15 is 0 Å². The minimum absolute atomic E-state index is 0.0128. The fraction of sp³-hybridized carbons (Fsp3) is 0.167. The van der Waals surface area contributed by atoms with Crippen LogP contribution >= 0.6 is 0 Å². The Morgan fingerprint density at radius 3 is 2.38 bits per heavy atom. The number of benzene rings is 2. The van der Waals surface area contributed by atoms with E-state index in [1.54, 1.807) is 6.92 Å². The molecule has 2 aromatic carbocycles. The van der Waals surface area contributed by atoms with Crippen LogP contribution < -0.4 is 10.9 Å². The van der Waals surface area contributed by atoms with Crippen LogP contribution in [0.25, 0.3) is 5.69 Å². The van der Waals surface area contributed by atoms with E-state index in [4.69, 9.17) is 0 Å². The standard InChI is InChI=1S/C24H20F3N5O4S/c1-15-6-11-20(22(34)32(15)18-5-3-4-17(12-18)24(25,26)27)21(33)28-13-16-7-9-19(10-8-16)37(35,36)23-29-14-30-31(23)2/h3-12,14H,13H2,1-2H3,(H,28,33). The number of rotatable bonds is 6. The third-order valence-electron chi connectivity index (χ3n) is 5.55. The number of carbonyl (C=O) groups is 1. The van der Waals surface area contributed by atoms with Crippen molar-refractivity contribution in [2.24, 2.45) is 7.05 Å². The zero-order valence-corrected chi connectivity index (χ0v) is 20.3. The number of carbonyl (C=O) groups excluding carboxylic acids is 1. The van der Waals surface area contributed by atoms with Crippen LogP contribution in [0.1, 0.15) is 27.2 Å². The molecule has 0 fully saturated rings. The molecular weight excluding hydrogens is 511 g/mol. The average molecular weight is 532 g/mol. The van der Waals surface area contributed by atoms with E-state index in [1.807, 2.05) is 0 Å². The largest absolute Gasteiger partial charge is 0.416 e. The number of hydrogen-bond acceptors (Lipinski definition) is 6. The maximum atomic E-state index is 13.1. The summed E-state index contributed by atoms with van der Waals surface area (Å²) in [6.07, 6.45) is -3.46. The molecule has 9 nitrogen and oxygen atoms in total. The van der Waals surface area contributed by atoms with Gasteiger partial charge in [0.15, 0.2) is 0 Å². The first-order valence-corrected chi connectivity index (χ1v) is 12.2. The highest BCUT2D eigenvalue weighted by Gasteiger charge is 2.31. The van der Waals surface area contributed by atoms with Gasteiger partial charge < -0.3 is 5.32 Å². The second-order valence-electron chi connectivity index (χ2n) is 8.07. The van der Waals surface area contributed by atoms with Crippen molar-refractivity contribution < 1.29 is 26.4 Å². The summed E-state index contributed by atoms with van der Waals surface area (Å²) in [7, 11) is -2.43. The summed E-state index contributed by atoms with van der Waals surface area (Å²) in [5.41, 5.74) is -1.08. The van der Waals surface area contributed by atoms with Gasteiger partial charge in [0.25, 0.3) is 11.5 Å². The van der Waals surface area contributed by atoms with Crippen molar-refractivity contribution in [2.75, 3.05) is 0 Å². The Morgan fingerprint density at radius 1 is 1.05 bits per heavy atom. The molecule has 4 rings (SSSR count). The summed E-state index contributed by atoms with van der Waals surface area (Å²) in [5, 5.41) is 6.12. The van der Waals surface area contributed by atoms with Crippen LogP contribution in [-0.4, -0.2) is 33.7 Å². The first-order chi connectivity index (χ1) is 17.4. The van der Waals surface area contributed by atoms with E-state index in [0.717, 1.165) is 27.7 Å². The van der Waals surface area contributed by atoms with Gasteiger partial charge in [0, 0.05) is 25.0 Å². The second-order valence-corrected chi connectivity index (χ2v) is 9.92. The molecule has 0 saturated heterocycles. The van der Waals surface area contributed by atoms with Gasteiger partial charge in [0.2, 0.25) is 15.0 Å². The van der Waals surface area contributed by atoms with Crippen molar-refractivity contribution in [2.45, 2.75) is 29.7 Å². The Balaban J connectivity index is 1.54. The molecular formula is C24H20F3N5O4S. The van der Waals surface area contributed by atoms with Crippen molar-refractivity contribution in [1.29, 1.82) is 0 Å². The molecule has 0 atom stereocenters. The van der Waals surface area contributed by atoms with Gasteiger partial charge in [0.1, 0.15) is 11.9 Å². The molecule has 0 spiro atoms. The van der Waals surface area contributed by atoms with Gasteiger partial charge in [-0.15, -0.1) is 0 Å². The molecule has 4 aromatic rings. The van der Waals surface area contributed by atoms with Gasteiger partial charge in [-0.3, -0.25) is 14.2 Å². The quantitative estimate of drug-likeness (QED) is 0.409. The molecule has 1 N–H and O–H groups in total. The first kappa shape index (κ1) is 25.8. The fourth-order valence-corrected chi connectivity index (χ4v) is 4.93. The number of amides is 1. The topological polar surface area (TPSA) is 116 Å². The van der Waals surface area contributed by atoms with Crippen LogP contribution in [0.3, 0.4) is 0 Å². The lowest BCUT2D eigenvalue weighted by atomic mass is 10.1. The fourth-order valence-electron chi connectivity index (χ4n) is 3.64. The molecule has 0 aliphatic carbocycles. The van der Waals surface area contributed by atoms with Gasteiger partial charge in [-0.05, 0) is 55.0 Å². The highest BCUT2D eigenvalue weighted by molar-refractivity contribution is 7.91. The Labute approximate surface area is 209 Å². The minimum Gasteiger partial charge on any atom is -0.348 e. The zero-order valence-electron chi connectivity index (χ0n) is 19.5. The van der Waals surface area contributed by atoms with Gasteiger partial charge in [-0.25, -0.2) is 18.1 Å². The minimum atomic E-state index is -4.59. The molecule has 2 heterocycles. The van der Waals surface area contributed by atoms with E-state index < -0.39 is 33.0 Å². The highest BCUT2D eigenvalue weighted by Crippen LogP contribution is 2.30. The summed E-state index contributed by atoms with van der Waals surface area (Å²) in [4.78, 5) is 29.5. The smallest absolute Gasteiger partial charge is 0.348 e. The molecule has 1 amide bonds. The zero-order chi connectivity index (χ0) is 27.0. The molecule has 192 valence electrons. The monoisotopic (exact) mass is 531 g/mol. The van der Waals surface area contributed by atoms with E-state index in [2.05, 4.69) is 15.4 Å². The summed E-state index contributed by atoms with van der Waals surface area (Å²) in [6, 6.07) is 12.7. The van der Waals surface area contributed by atoms with Crippen LogP contribution in [0, 0.1) is 6.92 Å². The maximum Gasteiger partial charge on any atom is 0.416 e. The Kier molecular flexibility index (Phi) is 6.74. The number of aromatic nitrogens is 4. The van der Waals surface area contributed by atoms with Crippen LogP contribution in [0.5, 0.6) is 0 Å². The van der Waals surface area contributed by atoms with Gasteiger partial charge in [0.05, 0.1) is 10.5 Å². The number of nitrogens with one attached hydrogen (secondary N) is 1. The Morgan fingerprint density at radius 2 is 1.76 bits per heavy atom. The molecule has 37 heavy (non-hydrogen) atoms. The molecule has 13 heteroatoms. The molecule has 0 aliphatic rings. The normalized spacial score (nSPS) is 11.9. The Hall–Kier alpha value is -4.26. The van der Waals surface area contributed by atoms with Crippen molar-refractivity contribution in [1.82, 2.24) is 24.6 Å². The number of hydrogen-bond donors (Lipinski definition) is 1. The van der Waals surface area contributed by atoms with Gasteiger partial charge in [-0.1, -0.05) is 18.2 Å². The lowest BCUT2D eigenvalue weighted by molar-refractivity contribution is -0.137. The number of alkyl halides is 3. The molecule has 0 aliphatic heterocycles. The summed E-state index contributed by atoms with van der Waals surface area (Å²) >= 11 is 0. The van der Waals surface area contributed by atoms with E-state index in [0.29, 0.717) is 11.3 Å². The molecule has 0 bridgehead atoms. The third-order valence-corrected chi connectivity index (χ3v) is 7.29. The van der Waals surface area contributed by atoms with Gasteiger partial charge >= 0.3 is 6.18 Å². The lowest BCUT2D eigenvalue weighted by Gasteiger charge is -2.14. The van der Waals surface area contributed by atoms with Crippen molar-refractivity contribution in [3.05, 3.63) is 99.7 Å². The summed E-state index contributed by atoms with van der Waals surface area (Å²) in [5.74, 6) is -0.735. The third kappa shape index (κ3) is 5.16. The lowest BCUT2D eigenvalue weighted by Crippen LogP contribution is -2.33. The second kappa shape index (κ2) is 9.65. The molecule has 0 saturated carbocycles. The van der Waals surface area contributed by atoms with Crippen molar-refractivity contribution >= 4 is 15.7 Å². The Bertz CT molecular complexity index is 1640. The van der Waals surface area contributed by atoms with Crippen LogP contribution in [0.4, 0.5) is 13.2 Å². The molecule has 0 radical (unpaired) electrons. The predicted octanol–water partition coefficient (Wildman–Crippen LogP) is 3.06. The van der Waals surface area contributed by atoms with Crippen LogP contribution in [0.15, 0.2) is 81.8 Å². The number of halogens is 3. The molecule has 2 aromatic heterocycles. The maximum absolute atomic E-state index is 13.1. The summed E-state index contributed by atoms with van der Waals surface area (Å²) < 4.78 is 66.9. The van der Waals surface area contributed by atoms with Crippen molar-refractivity contribution in [3.63, 3.8) is 0 Å². The van der Waals surface area contributed by atoms with Crippen LogP contribution in [-0.2, 0) is 29.6 Å². The summed E-state index contributed by atoms with van der Waals surface area (Å²) in [6.45, 7) is 1.51. The number of pyridine rings is 1. The number of sulfone groups is 1. The number of nitrogens with zero attached hydrogens (tertiary/aromatic N) is 4. The van der Waals surface area contributed by atoms with Crippen molar-refractivity contribution in [3.8, 4) is 5.69 Å². The van der Waals surface area contributed by atoms with E-state index in [-0.39, 0.29) is 27.8 Å². The van der Waals surface area contributed by atoms with E-state index in [1.165, 1.54) is 55.6 Å². The van der Waals surface area contributed by atoms with E-state index in [9.17, 15) is 31.2 Å². The SMILES string of the molecule is Cc1ccc(C(=O)NCc2ccc(S(=O)(=O)c3ncnn3C)cc2)c(=O)n1-c1cccc(C(F)(F)F)c1. The van der Waals surface area contributed by atoms with Gasteiger partial charge in [-0.2, -0.15) is 18.3 Å². The molecule has 0 unspecified atom stereocenters. The number of aryl methyl sites for hydroxylation is 2. The highest BCUT2D eigenvalue weighted by atomic mass is 32.2. The predicted molar refractivity (Wildman–Crippen MR) is 126 cm³/mol. The van der Waals surface area contributed by atoms with Crippen LogP contribution in [0.2, 0.25) is 0 Å². The first-order valence-electron chi connectivity index (χ1n) is 10.8.